The summed E-state index contributed by atoms with van der Waals surface area (Å²) in [5.74, 6) is -3.18. The van der Waals surface area contributed by atoms with Crippen molar-refractivity contribution in [1.82, 2.24) is 10.2 Å². The Bertz CT molecular complexity index is 1780. The number of hydrogen-bond acceptors (Lipinski definition) is 17. The predicted octanol–water partition coefficient (Wildman–Crippen LogP) is 16.2. The third-order valence-corrected chi connectivity index (χ3v) is 16.0. The van der Waals surface area contributed by atoms with Gasteiger partial charge in [0.1, 0.15) is 37.9 Å². The summed E-state index contributed by atoms with van der Waals surface area (Å²) in [5.41, 5.74) is -1.56. The SMILES string of the molecule is CCCCC/C=C\CCOC(=O)CCCCC(=O)OCC(COC(=O)CCCCC(=O)OCC/C=C\CCCCC)(COC(=O)CCC(CCCCCC)OC(=O)NCCN1CCCC1)COC(=O)CCC(OCCCCCCCC)OCCCCCCCC. The van der Waals surface area contributed by atoms with Crippen molar-refractivity contribution in [3.63, 3.8) is 0 Å². The van der Waals surface area contributed by atoms with Crippen LogP contribution in [0.2, 0.25) is 0 Å². The van der Waals surface area contributed by atoms with Gasteiger partial charge in [0.25, 0.3) is 0 Å². The van der Waals surface area contributed by atoms with Gasteiger partial charge in [0, 0.05) is 64.8 Å². The molecule has 0 aromatic carbocycles. The molecule has 0 bridgehead atoms. The number of alkyl carbamates (subject to hydrolysis) is 1. The van der Waals surface area contributed by atoms with Crippen molar-refractivity contribution in [2.45, 2.75) is 310 Å². The molecule has 0 aliphatic carbocycles. The zero-order chi connectivity index (χ0) is 65.6. The normalized spacial score (nSPS) is 13.0. The van der Waals surface area contributed by atoms with Crippen LogP contribution in [-0.4, -0.2) is 138 Å². The number of carbonyl (C=O) groups is 7. The molecule has 0 radical (unpaired) electrons. The fraction of sp³-hybridized carbons (Fsp3) is 0.847. The number of esters is 6. The lowest BCUT2D eigenvalue weighted by molar-refractivity contribution is -0.174. The first-order chi connectivity index (χ1) is 43.9. The molecule has 0 aromatic heterocycles. The molecule has 18 heteroatoms. The minimum Gasteiger partial charge on any atom is -0.465 e. The van der Waals surface area contributed by atoms with Crippen LogP contribution in [0.3, 0.4) is 0 Å². The lowest BCUT2D eigenvalue weighted by Crippen LogP contribution is -2.44. The van der Waals surface area contributed by atoms with E-state index in [9.17, 15) is 33.6 Å². The van der Waals surface area contributed by atoms with Crippen LogP contribution in [0.25, 0.3) is 0 Å². The molecule has 1 atom stereocenters. The van der Waals surface area contributed by atoms with Gasteiger partial charge in [-0.25, -0.2) is 4.79 Å². The quantitative estimate of drug-likeness (QED) is 0.0197. The smallest absolute Gasteiger partial charge is 0.407 e. The summed E-state index contributed by atoms with van der Waals surface area (Å²) >= 11 is 0. The molecule has 0 saturated carbocycles. The van der Waals surface area contributed by atoms with Gasteiger partial charge in [0.2, 0.25) is 0 Å². The van der Waals surface area contributed by atoms with Crippen molar-refractivity contribution in [3.8, 4) is 0 Å². The average Bonchev–Trinajstić information content (AvgIpc) is 4.04. The van der Waals surface area contributed by atoms with Crippen LogP contribution < -0.4 is 5.32 Å². The number of unbranched alkanes of at least 4 members (excludes halogenated alkanes) is 21. The van der Waals surface area contributed by atoms with Crippen molar-refractivity contribution < 1.29 is 76.2 Å². The number of ether oxygens (including phenoxy) is 9. The molecule has 0 aromatic rings. The van der Waals surface area contributed by atoms with Gasteiger partial charge >= 0.3 is 41.9 Å². The summed E-state index contributed by atoms with van der Waals surface area (Å²) in [6.07, 6.45) is 38.3. The molecule has 522 valence electrons. The van der Waals surface area contributed by atoms with E-state index < -0.39 is 74.2 Å². The second kappa shape index (κ2) is 60.7. The zero-order valence-electron chi connectivity index (χ0n) is 57.4. The van der Waals surface area contributed by atoms with Gasteiger partial charge in [-0.15, -0.1) is 0 Å². The molecule has 1 amide bonds. The average molecular weight is 1280 g/mol. The number of hydrogen-bond donors (Lipinski definition) is 1. The van der Waals surface area contributed by atoms with E-state index in [4.69, 9.17) is 42.6 Å². The van der Waals surface area contributed by atoms with Crippen LogP contribution in [0.15, 0.2) is 24.3 Å². The van der Waals surface area contributed by atoms with Gasteiger partial charge in [0.05, 0.1) is 19.6 Å². The maximum atomic E-state index is 13.9. The fourth-order valence-corrected chi connectivity index (χ4v) is 10.2. The summed E-state index contributed by atoms with van der Waals surface area (Å²) in [6, 6.07) is 0. The number of likely N-dealkylation sites (tertiary alicyclic amines) is 1. The third kappa shape index (κ3) is 52.0. The number of amides is 1. The van der Waals surface area contributed by atoms with Gasteiger partial charge in [-0.3, -0.25) is 28.8 Å². The van der Waals surface area contributed by atoms with Gasteiger partial charge in [0.15, 0.2) is 6.29 Å². The molecule has 90 heavy (non-hydrogen) atoms. The highest BCUT2D eigenvalue weighted by molar-refractivity contribution is 5.72. The van der Waals surface area contributed by atoms with E-state index in [0.717, 1.165) is 148 Å². The number of carbonyl (C=O) groups excluding carboxylic acids is 7. The van der Waals surface area contributed by atoms with E-state index in [-0.39, 0.29) is 76.5 Å². The Kier molecular flexibility index (Phi) is 56.3. The lowest BCUT2D eigenvalue weighted by atomic mass is 9.92. The Morgan fingerprint density at radius 2 is 0.756 bits per heavy atom. The molecule has 1 fully saturated rings. The van der Waals surface area contributed by atoms with E-state index in [1.54, 1.807) is 0 Å². The summed E-state index contributed by atoms with van der Waals surface area (Å²) in [7, 11) is 0. The molecule has 1 N–H and O–H groups in total. The van der Waals surface area contributed by atoms with E-state index in [2.05, 4.69) is 57.0 Å². The van der Waals surface area contributed by atoms with Crippen LogP contribution in [0.5, 0.6) is 0 Å². The zero-order valence-corrected chi connectivity index (χ0v) is 57.4. The minimum atomic E-state index is -1.56. The second-order valence-corrected chi connectivity index (χ2v) is 24.6. The molecule has 0 spiro atoms. The Morgan fingerprint density at radius 3 is 1.20 bits per heavy atom. The Balaban J connectivity index is 3.34. The van der Waals surface area contributed by atoms with E-state index in [1.165, 1.54) is 38.5 Å². The largest absolute Gasteiger partial charge is 0.465 e. The standard InChI is InChI=1S/C72H128N2O16/c1-6-11-16-21-25-29-38-55-82-64(75)43-32-34-45-66(77)86-59-72(60-87-67(78)46-35-33-44-65(76)83-56-39-30-26-22-17-12-7-2,61-88-68(79)48-47-63(42-31-20-15-10-5)90-71(81)73-51-54-74-52-36-37-53-74)62-89-69(80)49-50-70(84-57-40-27-23-18-13-8-3)85-58-41-28-24-19-14-9-4/h25-26,29-30,63,70H,6-24,27-28,31-62H2,1-5H3,(H,73,81)/b29-25-,30-26-. The van der Waals surface area contributed by atoms with E-state index in [0.29, 0.717) is 64.7 Å². The van der Waals surface area contributed by atoms with Crippen LogP contribution in [-0.2, 0) is 71.4 Å². The first kappa shape index (κ1) is 83.5. The highest BCUT2D eigenvalue weighted by Crippen LogP contribution is 2.25. The molecular weight excluding hydrogens is 1150 g/mol. The molecule has 1 aliphatic rings. The Hall–Kier alpha value is -4.55. The topological polar surface area (TPSA) is 218 Å². The summed E-state index contributed by atoms with van der Waals surface area (Å²) in [4.78, 5) is 95.1. The molecule has 1 unspecified atom stereocenters. The first-order valence-electron chi connectivity index (χ1n) is 36.0. The third-order valence-electron chi connectivity index (χ3n) is 16.0. The van der Waals surface area contributed by atoms with Crippen LogP contribution in [0, 0.1) is 5.41 Å². The first-order valence-corrected chi connectivity index (χ1v) is 36.0. The maximum Gasteiger partial charge on any atom is 0.407 e. The van der Waals surface area contributed by atoms with Crippen molar-refractivity contribution in [2.24, 2.45) is 5.41 Å². The second-order valence-electron chi connectivity index (χ2n) is 24.6. The van der Waals surface area contributed by atoms with Crippen LogP contribution >= 0.6 is 0 Å². The van der Waals surface area contributed by atoms with Gasteiger partial charge in [-0.1, -0.05) is 168 Å². The molecule has 18 nitrogen and oxygen atoms in total. The molecule has 1 rings (SSSR count). The van der Waals surface area contributed by atoms with Crippen LogP contribution in [0.4, 0.5) is 4.79 Å². The summed E-state index contributed by atoms with van der Waals surface area (Å²) < 4.78 is 52.8. The molecule has 1 heterocycles. The Morgan fingerprint density at radius 1 is 0.389 bits per heavy atom. The molecule has 1 saturated heterocycles. The minimum absolute atomic E-state index is 0.0499. The van der Waals surface area contributed by atoms with Crippen molar-refractivity contribution in [2.75, 3.05) is 79.0 Å². The molecular formula is C72H128N2O16. The lowest BCUT2D eigenvalue weighted by Gasteiger charge is -2.32. The number of nitrogens with zero attached hydrogens (tertiary/aromatic N) is 1. The monoisotopic (exact) mass is 1280 g/mol. The highest BCUT2D eigenvalue weighted by Gasteiger charge is 2.38. The summed E-state index contributed by atoms with van der Waals surface area (Å²) in [6.45, 7) is 13.7. The highest BCUT2D eigenvalue weighted by atomic mass is 16.7. The van der Waals surface area contributed by atoms with Gasteiger partial charge < -0.3 is 52.8 Å². The maximum absolute atomic E-state index is 13.9. The van der Waals surface area contributed by atoms with Crippen molar-refractivity contribution >= 4 is 41.9 Å². The van der Waals surface area contributed by atoms with Crippen molar-refractivity contribution in [1.29, 1.82) is 0 Å². The number of rotatable bonds is 63. The van der Waals surface area contributed by atoms with Gasteiger partial charge in [-0.05, 0) is 122 Å². The van der Waals surface area contributed by atoms with Crippen LogP contribution in [0.1, 0.15) is 298 Å². The van der Waals surface area contributed by atoms with Gasteiger partial charge in [-0.2, -0.15) is 0 Å². The van der Waals surface area contributed by atoms with E-state index in [1.807, 2.05) is 12.2 Å². The molecule has 1 aliphatic heterocycles. The Labute approximate surface area is 545 Å². The number of allylic oxidation sites excluding steroid dienone is 2. The summed E-state index contributed by atoms with van der Waals surface area (Å²) in [5, 5.41) is 2.87. The van der Waals surface area contributed by atoms with Crippen molar-refractivity contribution in [3.05, 3.63) is 24.3 Å². The van der Waals surface area contributed by atoms with E-state index >= 15 is 0 Å². The number of nitrogens with one attached hydrogen (secondary N) is 1. The predicted molar refractivity (Wildman–Crippen MR) is 355 cm³/mol. The fourth-order valence-electron chi connectivity index (χ4n) is 10.2.